The van der Waals surface area contributed by atoms with Crippen molar-refractivity contribution in [2.24, 2.45) is 0 Å². The molecule has 0 aromatic heterocycles. The quantitative estimate of drug-likeness (QED) is 0.0841. The van der Waals surface area contributed by atoms with E-state index in [9.17, 15) is 18.4 Å². The number of benzene rings is 4. The van der Waals surface area contributed by atoms with Crippen molar-refractivity contribution in [3.8, 4) is 23.0 Å². The van der Waals surface area contributed by atoms with Crippen molar-refractivity contribution in [2.75, 3.05) is 0 Å². The summed E-state index contributed by atoms with van der Waals surface area (Å²) in [5, 5.41) is 0. The summed E-state index contributed by atoms with van der Waals surface area (Å²) in [6, 6.07) is 18.9. The molecule has 4 aromatic carbocycles. The number of hydrogen-bond acceptors (Lipinski definition) is 5. The zero-order valence-electron chi connectivity index (χ0n) is 28.9. The van der Waals surface area contributed by atoms with Gasteiger partial charge in [0.15, 0.2) is 0 Å². The van der Waals surface area contributed by atoms with Gasteiger partial charge in [-0.2, -0.15) is 0 Å². The lowest BCUT2D eigenvalue weighted by molar-refractivity contribution is 0.0722. The number of halogens is 2. The molecule has 0 atom stereocenters. The second-order valence-corrected chi connectivity index (χ2v) is 13.5. The Bertz CT molecular complexity index is 1730. The third-order valence-electron chi connectivity index (χ3n) is 10.1. The van der Waals surface area contributed by atoms with Crippen LogP contribution < -0.4 is 14.2 Å². The van der Waals surface area contributed by atoms with Gasteiger partial charge in [0.05, 0.1) is 11.1 Å². The Morgan fingerprint density at radius 3 is 1.29 bits per heavy atom. The molecule has 2 aliphatic rings. The number of esters is 2. The molecule has 0 spiro atoms. The predicted octanol–water partition coefficient (Wildman–Crippen LogP) is 11.7. The van der Waals surface area contributed by atoms with Gasteiger partial charge in [-0.1, -0.05) is 50.7 Å². The van der Waals surface area contributed by atoms with E-state index in [0.717, 1.165) is 75.3 Å². The molecular weight excluding hydrogens is 646 g/mol. The van der Waals surface area contributed by atoms with Crippen LogP contribution in [0.5, 0.6) is 23.0 Å². The molecule has 7 heteroatoms. The Hall–Kier alpha value is -5.04. The molecule has 264 valence electrons. The Kier molecular flexibility index (Phi) is 11.8. The Balaban J connectivity index is 1.12. The van der Waals surface area contributed by atoms with Gasteiger partial charge in [-0.3, -0.25) is 0 Å². The van der Waals surface area contributed by atoms with E-state index in [1.165, 1.54) is 12.1 Å². The summed E-state index contributed by atoms with van der Waals surface area (Å²) in [5.41, 5.74) is 3.29. The average Bonchev–Trinajstić information content (AvgIpc) is 3.16. The zero-order valence-corrected chi connectivity index (χ0v) is 28.9. The minimum Gasteiger partial charge on any atom is -0.457 e. The molecule has 2 fully saturated rings. The van der Waals surface area contributed by atoms with E-state index in [1.807, 2.05) is 0 Å². The molecule has 0 aliphatic heterocycles. The van der Waals surface area contributed by atoms with Gasteiger partial charge in [-0.05, 0) is 134 Å². The number of allylic oxidation sites excluding steroid dienone is 2. The first kappa shape index (κ1) is 35.8. The van der Waals surface area contributed by atoms with Gasteiger partial charge < -0.3 is 14.2 Å². The van der Waals surface area contributed by atoms with Crippen LogP contribution in [0.1, 0.15) is 119 Å². The number of carbonyl (C=O) groups is 2. The molecule has 6 rings (SSSR count). The highest BCUT2D eigenvalue weighted by Gasteiger charge is 2.27. The first-order valence-electron chi connectivity index (χ1n) is 18.0. The van der Waals surface area contributed by atoms with Crippen molar-refractivity contribution in [2.45, 2.75) is 88.9 Å². The number of ether oxygens (including phenoxy) is 3. The summed E-state index contributed by atoms with van der Waals surface area (Å²) in [4.78, 5) is 26.5. The summed E-state index contributed by atoms with van der Waals surface area (Å²) in [5.74, 6) is 0.325. The van der Waals surface area contributed by atoms with Crippen LogP contribution in [-0.2, 0) is 12.8 Å². The van der Waals surface area contributed by atoms with Crippen LogP contribution >= 0.6 is 0 Å². The highest BCUT2D eigenvalue weighted by Crippen LogP contribution is 2.42. The van der Waals surface area contributed by atoms with Crippen LogP contribution in [0.4, 0.5) is 8.78 Å². The number of carbonyl (C=O) groups excluding carboxylic acids is 2. The average molecular weight is 691 g/mol. The summed E-state index contributed by atoms with van der Waals surface area (Å²) >= 11 is 0. The molecule has 0 unspecified atom stereocenters. The Morgan fingerprint density at radius 2 is 0.941 bits per heavy atom. The van der Waals surface area contributed by atoms with E-state index in [-0.39, 0.29) is 23.5 Å². The molecular formula is C44H44F2O5. The molecule has 0 heterocycles. The lowest BCUT2D eigenvalue weighted by Gasteiger charge is -2.26. The second-order valence-electron chi connectivity index (χ2n) is 13.5. The van der Waals surface area contributed by atoms with E-state index in [2.05, 4.69) is 13.2 Å². The number of hydrogen-bond donors (Lipinski definition) is 0. The molecule has 0 amide bonds. The summed E-state index contributed by atoms with van der Waals surface area (Å²) in [6.45, 7) is 7.59. The van der Waals surface area contributed by atoms with Gasteiger partial charge in [0.1, 0.15) is 34.6 Å². The highest BCUT2D eigenvalue weighted by atomic mass is 19.1. The molecule has 2 aliphatic carbocycles. The minimum absolute atomic E-state index is 0.133. The van der Waals surface area contributed by atoms with Crippen molar-refractivity contribution in [3.63, 3.8) is 0 Å². The van der Waals surface area contributed by atoms with Gasteiger partial charge in [-0.25, -0.2) is 18.4 Å². The third kappa shape index (κ3) is 8.47. The monoisotopic (exact) mass is 690 g/mol. The van der Waals surface area contributed by atoms with Crippen molar-refractivity contribution in [1.29, 1.82) is 0 Å². The van der Waals surface area contributed by atoms with Crippen molar-refractivity contribution >= 4 is 11.9 Å². The van der Waals surface area contributed by atoms with Gasteiger partial charge in [0, 0.05) is 11.1 Å². The highest BCUT2D eigenvalue weighted by molar-refractivity contribution is 5.92. The maximum Gasteiger partial charge on any atom is 0.343 e. The maximum absolute atomic E-state index is 14.9. The fraction of sp³-hybridized carbons (Fsp3) is 0.318. The summed E-state index contributed by atoms with van der Waals surface area (Å²) in [6.07, 6.45) is 14.3. The van der Waals surface area contributed by atoms with Crippen molar-refractivity contribution < 1.29 is 32.6 Å². The topological polar surface area (TPSA) is 61.8 Å². The zero-order chi connectivity index (χ0) is 35.7. The Labute approximate surface area is 299 Å². The molecule has 0 radical (unpaired) electrons. The lowest BCUT2D eigenvalue weighted by Crippen LogP contribution is -2.15. The standard InChI is InChI=1S/C44H44F2O5/c1-3-11-35-37(45)25-27-39(41(35)29-13-7-5-8-14-29)50-43(47)31-17-21-33(22-18-31)49-34-23-19-32(20-24-34)44(48)51-40-28-26-38(46)36(12-4-2)42(40)30-15-9-6-10-16-30/h3-4,17-30H,1-2,5-16H2. The van der Waals surface area contributed by atoms with Gasteiger partial charge in [-0.15, -0.1) is 13.2 Å². The molecule has 4 aromatic rings. The summed E-state index contributed by atoms with van der Waals surface area (Å²) < 4.78 is 47.5. The molecule has 0 bridgehead atoms. The van der Waals surface area contributed by atoms with Crippen LogP contribution in [0.15, 0.2) is 98.1 Å². The normalized spacial score (nSPS) is 15.2. The van der Waals surface area contributed by atoms with Gasteiger partial charge in [0.2, 0.25) is 0 Å². The van der Waals surface area contributed by atoms with E-state index in [0.29, 0.717) is 58.1 Å². The molecule has 5 nitrogen and oxygen atoms in total. The van der Waals surface area contributed by atoms with Crippen LogP contribution in [0.2, 0.25) is 0 Å². The van der Waals surface area contributed by atoms with Crippen LogP contribution in [0.25, 0.3) is 0 Å². The van der Waals surface area contributed by atoms with E-state index in [4.69, 9.17) is 14.2 Å². The largest absolute Gasteiger partial charge is 0.457 e. The minimum atomic E-state index is -0.540. The molecule has 0 N–H and O–H groups in total. The van der Waals surface area contributed by atoms with Crippen LogP contribution in [0.3, 0.4) is 0 Å². The molecule has 0 saturated heterocycles. The lowest BCUT2D eigenvalue weighted by atomic mass is 9.81. The number of rotatable bonds is 12. The van der Waals surface area contributed by atoms with Crippen LogP contribution in [-0.4, -0.2) is 11.9 Å². The summed E-state index contributed by atoms with van der Waals surface area (Å²) in [7, 11) is 0. The van der Waals surface area contributed by atoms with Crippen LogP contribution in [0, 0.1) is 11.6 Å². The second kappa shape index (κ2) is 16.8. The van der Waals surface area contributed by atoms with E-state index in [1.54, 1.807) is 72.8 Å². The van der Waals surface area contributed by atoms with Gasteiger partial charge in [0.25, 0.3) is 0 Å². The Morgan fingerprint density at radius 1 is 0.569 bits per heavy atom. The maximum atomic E-state index is 14.9. The fourth-order valence-corrected chi connectivity index (χ4v) is 7.56. The molecule has 51 heavy (non-hydrogen) atoms. The van der Waals surface area contributed by atoms with E-state index >= 15 is 0 Å². The SMILES string of the molecule is C=CCc1c(F)ccc(OC(=O)c2ccc(Oc3ccc(C(=O)Oc4ccc(F)c(CC=C)c4C4CCCCC4)cc3)cc2)c1C1CCCCC1. The van der Waals surface area contributed by atoms with Crippen molar-refractivity contribution in [3.05, 3.63) is 143 Å². The predicted molar refractivity (Wildman–Crippen MR) is 195 cm³/mol. The fourth-order valence-electron chi connectivity index (χ4n) is 7.56. The van der Waals surface area contributed by atoms with E-state index < -0.39 is 11.9 Å². The van der Waals surface area contributed by atoms with Gasteiger partial charge >= 0.3 is 11.9 Å². The third-order valence-corrected chi connectivity index (χ3v) is 10.1. The first-order chi connectivity index (χ1) is 24.9. The van der Waals surface area contributed by atoms with Crippen molar-refractivity contribution in [1.82, 2.24) is 0 Å². The first-order valence-corrected chi connectivity index (χ1v) is 18.0. The smallest absolute Gasteiger partial charge is 0.343 e. The molecule has 2 saturated carbocycles.